The number of nitrogens with zero attached hydrogens (tertiary/aromatic N) is 2. The van der Waals surface area contributed by atoms with Gasteiger partial charge in [-0.25, -0.2) is 18.4 Å². The molecule has 1 atom stereocenters. The van der Waals surface area contributed by atoms with Crippen molar-refractivity contribution < 1.29 is 8.42 Å². The molecule has 1 aliphatic rings. The summed E-state index contributed by atoms with van der Waals surface area (Å²) in [6, 6.07) is 1.54. The van der Waals surface area contributed by atoms with Crippen LogP contribution >= 0.6 is 24.0 Å². The van der Waals surface area contributed by atoms with E-state index in [-0.39, 0.29) is 22.7 Å². The molecule has 1 fully saturated rings. The molecule has 0 bridgehead atoms. The van der Waals surface area contributed by atoms with Crippen molar-refractivity contribution >= 4 is 33.8 Å². The molecule has 8 heteroatoms. The van der Waals surface area contributed by atoms with Gasteiger partial charge in [0.15, 0.2) is 0 Å². The first-order valence-electron chi connectivity index (χ1n) is 4.96. The Morgan fingerprint density at radius 2 is 2.18 bits per heavy atom. The zero-order valence-corrected chi connectivity index (χ0v) is 11.6. The minimum Gasteiger partial charge on any atom is -0.315 e. The van der Waals surface area contributed by atoms with Gasteiger partial charge in [0, 0.05) is 12.2 Å². The molecule has 0 unspecified atom stereocenters. The summed E-state index contributed by atoms with van der Waals surface area (Å²) in [4.78, 5) is 7.73. The third kappa shape index (κ3) is 3.07. The van der Waals surface area contributed by atoms with Crippen LogP contribution in [-0.4, -0.2) is 36.7 Å². The van der Waals surface area contributed by atoms with E-state index in [9.17, 15) is 8.42 Å². The number of aromatic nitrogens is 2. The zero-order valence-electron chi connectivity index (χ0n) is 9.18. The molecule has 1 N–H and O–H groups in total. The van der Waals surface area contributed by atoms with Gasteiger partial charge in [-0.05, 0) is 26.0 Å². The molecule has 0 spiro atoms. The van der Waals surface area contributed by atoms with E-state index in [1.54, 1.807) is 6.92 Å². The fraction of sp³-hybridized carbons (Fsp3) is 0.556. The van der Waals surface area contributed by atoms with Crippen molar-refractivity contribution in [2.24, 2.45) is 0 Å². The van der Waals surface area contributed by atoms with Crippen molar-refractivity contribution in [2.45, 2.75) is 23.8 Å². The molecule has 2 rings (SSSR count). The molecule has 5 nitrogen and oxygen atoms in total. The standard InChI is InChI=1S/C9H12ClN3O2S.ClH/c1-6-4-8(10)13-9(12-6)16(14,15)7-2-3-11-5-7;/h4,7,11H,2-3,5H2,1H3;1H/t7-;/m0./s1. The van der Waals surface area contributed by atoms with Crippen LogP contribution in [-0.2, 0) is 9.84 Å². The Balaban J connectivity index is 0.00000144. The Morgan fingerprint density at radius 3 is 2.71 bits per heavy atom. The van der Waals surface area contributed by atoms with Crippen LogP contribution in [0.3, 0.4) is 0 Å². The van der Waals surface area contributed by atoms with Crippen LogP contribution in [0, 0.1) is 6.92 Å². The Labute approximate surface area is 111 Å². The average molecular weight is 298 g/mol. The monoisotopic (exact) mass is 297 g/mol. The van der Waals surface area contributed by atoms with Gasteiger partial charge in [-0.2, -0.15) is 0 Å². The van der Waals surface area contributed by atoms with Crippen LogP contribution in [0.2, 0.25) is 5.15 Å². The lowest BCUT2D eigenvalue weighted by molar-refractivity contribution is 0.573. The fourth-order valence-electron chi connectivity index (χ4n) is 1.67. The lowest BCUT2D eigenvalue weighted by atomic mass is 10.4. The van der Waals surface area contributed by atoms with Crippen LogP contribution in [0.15, 0.2) is 11.2 Å². The smallest absolute Gasteiger partial charge is 0.249 e. The first-order chi connectivity index (χ1) is 7.50. The van der Waals surface area contributed by atoms with Gasteiger partial charge in [0.05, 0.1) is 5.25 Å². The first kappa shape index (κ1) is 14.6. The highest BCUT2D eigenvalue weighted by molar-refractivity contribution is 7.91. The number of halogens is 2. The van der Waals surface area contributed by atoms with Crippen molar-refractivity contribution in [1.29, 1.82) is 0 Å². The molecule has 2 heterocycles. The van der Waals surface area contributed by atoms with Gasteiger partial charge in [-0.3, -0.25) is 0 Å². The maximum absolute atomic E-state index is 12.1. The molecule has 0 aliphatic carbocycles. The second kappa shape index (κ2) is 5.48. The summed E-state index contributed by atoms with van der Waals surface area (Å²) < 4.78 is 24.2. The van der Waals surface area contributed by atoms with E-state index >= 15 is 0 Å². The predicted molar refractivity (Wildman–Crippen MR) is 67.5 cm³/mol. The molecule has 0 radical (unpaired) electrons. The highest BCUT2D eigenvalue weighted by atomic mass is 35.5. The third-order valence-electron chi connectivity index (χ3n) is 2.51. The van der Waals surface area contributed by atoms with E-state index in [4.69, 9.17) is 11.6 Å². The molecule has 0 aromatic carbocycles. The molecule has 1 aromatic heterocycles. The molecule has 1 saturated heterocycles. The van der Waals surface area contributed by atoms with E-state index in [1.165, 1.54) is 6.07 Å². The number of rotatable bonds is 2. The number of nitrogens with one attached hydrogen (secondary N) is 1. The Bertz CT molecular complexity index is 481. The Kier molecular flexibility index (Phi) is 4.71. The average Bonchev–Trinajstić information content (AvgIpc) is 2.69. The summed E-state index contributed by atoms with van der Waals surface area (Å²) in [5.74, 6) is 0. The van der Waals surface area contributed by atoms with E-state index in [0.29, 0.717) is 25.2 Å². The van der Waals surface area contributed by atoms with Gasteiger partial charge < -0.3 is 5.32 Å². The van der Waals surface area contributed by atoms with Gasteiger partial charge in [-0.15, -0.1) is 12.4 Å². The number of hydrogen-bond acceptors (Lipinski definition) is 5. The summed E-state index contributed by atoms with van der Waals surface area (Å²) >= 11 is 5.73. The summed E-state index contributed by atoms with van der Waals surface area (Å²) in [5.41, 5.74) is 0.560. The predicted octanol–water partition coefficient (Wildman–Crippen LogP) is 0.996. The van der Waals surface area contributed by atoms with E-state index < -0.39 is 15.1 Å². The minimum absolute atomic E-state index is 0. The maximum Gasteiger partial charge on any atom is 0.249 e. The van der Waals surface area contributed by atoms with Gasteiger partial charge in [0.2, 0.25) is 15.0 Å². The third-order valence-corrected chi connectivity index (χ3v) is 4.68. The molecule has 1 aliphatic heterocycles. The first-order valence-corrected chi connectivity index (χ1v) is 6.88. The zero-order chi connectivity index (χ0) is 11.8. The highest BCUT2D eigenvalue weighted by Gasteiger charge is 2.32. The highest BCUT2D eigenvalue weighted by Crippen LogP contribution is 2.19. The Hall–Kier alpha value is -0.430. The molecule has 96 valence electrons. The molecule has 17 heavy (non-hydrogen) atoms. The van der Waals surface area contributed by atoms with Crippen molar-refractivity contribution in [3.8, 4) is 0 Å². The van der Waals surface area contributed by atoms with Crippen LogP contribution in [0.25, 0.3) is 0 Å². The SMILES string of the molecule is Cc1cc(Cl)nc(S(=O)(=O)[C@H]2CCNC2)n1.Cl. The van der Waals surface area contributed by atoms with Crippen LogP contribution in [0.1, 0.15) is 12.1 Å². The molecular formula is C9H13Cl2N3O2S. The lowest BCUT2D eigenvalue weighted by Crippen LogP contribution is -2.25. The summed E-state index contributed by atoms with van der Waals surface area (Å²) in [6.45, 7) is 2.86. The van der Waals surface area contributed by atoms with Crippen LogP contribution in [0.4, 0.5) is 0 Å². The van der Waals surface area contributed by atoms with Crippen molar-refractivity contribution in [3.63, 3.8) is 0 Å². The van der Waals surface area contributed by atoms with E-state index in [0.717, 1.165) is 0 Å². The number of aryl methyl sites for hydroxylation is 1. The molecule has 1 aromatic rings. The summed E-state index contributed by atoms with van der Waals surface area (Å²) in [7, 11) is -3.45. The largest absolute Gasteiger partial charge is 0.315 e. The van der Waals surface area contributed by atoms with Crippen molar-refractivity contribution in [2.75, 3.05) is 13.1 Å². The summed E-state index contributed by atoms with van der Waals surface area (Å²) in [6.07, 6.45) is 0.594. The second-order valence-electron chi connectivity index (χ2n) is 3.77. The quantitative estimate of drug-likeness (QED) is 0.651. The second-order valence-corrected chi connectivity index (χ2v) is 6.28. The molecule has 0 amide bonds. The minimum atomic E-state index is -3.45. The van der Waals surface area contributed by atoms with Gasteiger partial charge in [0.25, 0.3) is 0 Å². The summed E-state index contributed by atoms with van der Waals surface area (Å²) in [5, 5.41) is 2.57. The van der Waals surface area contributed by atoms with Crippen molar-refractivity contribution in [3.05, 3.63) is 16.9 Å². The van der Waals surface area contributed by atoms with Gasteiger partial charge in [0.1, 0.15) is 5.15 Å². The van der Waals surface area contributed by atoms with Gasteiger partial charge >= 0.3 is 0 Å². The maximum atomic E-state index is 12.1. The van der Waals surface area contributed by atoms with Crippen LogP contribution in [0.5, 0.6) is 0 Å². The van der Waals surface area contributed by atoms with E-state index in [1.807, 2.05) is 0 Å². The van der Waals surface area contributed by atoms with Gasteiger partial charge in [-0.1, -0.05) is 11.6 Å². The van der Waals surface area contributed by atoms with E-state index in [2.05, 4.69) is 15.3 Å². The number of hydrogen-bond donors (Lipinski definition) is 1. The molecule has 0 saturated carbocycles. The lowest BCUT2D eigenvalue weighted by Gasteiger charge is -2.09. The Morgan fingerprint density at radius 1 is 1.47 bits per heavy atom. The number of sulfone groups is 1. The normalized spacial score (nSPS) is 20.0. The topological polar surface area (TPSA) is 72.0 Å². The molecular weight excluding hydrogens is 285 g/mol. The van der Waals surface area contributed by atoms with Crippen LogP contribution < -0.4 is 5.32 Å². The fourth-order valence-corrected chi connectivity index (χ4v) is 3.52. The van der Waals surface area contributed by atoms with Crippen molar-refractivity contribution in [1.82, 2.24) is 15.3 Å².